The number of hydrogen-bond donors (Lipinski definition) is 3. The van der Waals surface area contributed by atoms with Crippen LogP contribution in [0.1, 0.15) is 52.2 Å². The Morgan fingerprint density at radius 2 is 1.45 bits per heavy atom. The second-order valence-electron chi connectivity index (χ2n) is 11.5. The smallest absolute Gasteiger partial charge is 0.329 e. The summed E-state index contributed by atoms with van der Waals surface area (Å²) in [7, 11) is 0. The minimum atomic E-state index is -0.959. The molecule has 0 fully saturated rings. The number of nitrogens with one attached hydrogen (secondary N) is 3. The van der Waals surface area contributed by atoms with Crippen molar-refractivity contribution in [2.75, 3.05) is 5.32 Å². The van der Waals surface area contributed by atoms with Gasteiger partial charge in [0, 0.05) is 16.6 Å². The molecule has 0 bridgehead atoms. The lowest BCUT2D eigenvalue weighted by molar-refractivity contribution is -0.158. The van der Waals surface area contributed by atoms with Crippen molar-refractivity contribution in [3.8, 4) is 5.75 Å². The van der Waals surface area contributed by atoms with Crippen LogP contribution in [-0.4, -0.2) is 35.6 Å². The van der Waals surface area contributed by atoms with Crippen LogP contribution in [-0.2, 0) is 27.4 Å². The minimum absolute atomic E-state index is 0.108. The van der Waals surface area contributed by atoms with E-state index in [1.54, 1.807) is 45.0 Å². The molecule has 9 heteroatoms. The lowest BCUT2D eigenvalue weighted by Crippen LogP contribution is -2.54. The molecule has 224 valence electrons. The summed E-state index contributed by atoms with van der Waals surface area (Å²) in [4.78, 5) is 39.4. The molecule has 0 saturated heterocycles. The number of esters is 1. The van der Waals surface area contributed by atoms with E-state index in [1.807, 2.05) is 68.4 Å². The zero-order valence-electron chi connectivity index (χ0n) is 24.8. The fraction of sp³-hybridized carbons (Fsp3) is 0.364. The zero-order chi connectivity index (χ0) is 30.7. The summed E-state index contributed by atoms with van der Waals surface area (Å²) in [5.41, 5.74) is 1.72. The first-order valence-electron chi connectivity index (χ1n) is 14.0. The molecule has 3 aromatic carbocycles. The molecule has 0 aliphatic heterocycles. The normalized spacial score (nSPS) is 12.6. The lowest BCUT2D eigenvalue weighted by atomic mass is 10.0. The first-order valence-corrected chi connectivity index (χ1v) is 14.8. The Labute approximate surface area is 256 Å². The molecule has 0 aliphatic carbocycles. The van der Waals surface area contributed by atoms with E-state index < -0.39 is 35.6 Å². The van der Waals surface area contributed by atoms with Gasteiger partial charge in [-0.2, -0.15) is 0 Å². The van der Waals surface area contributed by atoms with Crippen LogP contribution in [0.3, 0.4) is 0 Å². The molecule has 3 amide bonds. The fourth-order valence-corrected chi connectivity index (χ4v) is 4.36. The predicted molar refractivity (Wildman–Crippen MR) is 168 cm³/mol. The highest BCUT2D eigenvalue weighted by molar-refractivity contribution is 9.10. The standard InChI is InChI=1S/C33H40BrN3O5/c1-22(2)19-28(37-32(40)35-26-15-13-25(34)14-16-26)30(38)36-29(31(39)42-33(3,4)5)20-23-11-17-27(18-12-23)41-21-24-9-7-6-8-10-24/h6-18,22,28-29H,19-21H2,1-5H3,(H,36,38)(H2,35,37,40). The summed E-state index contributed by atoms with van der Waals surface area (Å²) >= 11 is 3.37. The van der Waals surface area contributed by atoms with Gasteiger partial charge in [-0.25, -0.2) is 9.59 Å². The molecule has 3 rings (SSSR count). The van der Waals surface area contributed by atoms with Gasteiger partial charge in [0.15, 0.2) is 0 Å². The van der Waals surface area contributed by atoms with E-state index >= 15 is 0 Å². The number of benzene rings is 3. The highest BCUT2D eigenvalue weighted by atomic mass is 79.9. The highest BCUT2D eigenvalue weighted by Gasteiger charge is 2.30. The largest absolute Gasteiger partial charge is 0.489 e. The van der Waals surface area contributed by atoms with Gasteiger partial charge < -0.3 is 25.4 Å². The summed E-state index contributed by atoms with van der Waals surface area (Å²) in [6, 6.07) is 22.0. The molecule has 0 aliphatic rings. The lowest BCUT2D eigenvalue weighted by Gasteiger charge is -2.27. The molecule has 8 nitrogen and oxygen atoms in total. The number of ether oxygens (including phenoxy) is 2. The summed E-state index contributed by atoms with van der Waals surface area (Å²) < 4.78 is 12.4. The van der Waals surface area contributed by atoms with Gasteiger partial charge in [-0.3, -0.25) is 4.79 Å². The van der Waals surface area contributed by atoms with Gasteiger partial charge in [0.2, 0.25) is 5.91 Å². The Kier molecular flexibility index (Phi) is 12.0. The monoisotopic (exact) mass is 637 g/mol. The third-order valence-electron chi connectivity index (χ3n) is 6.05. The second kappa shape index (κ2) is 15.4. The van der Waals surface area contributed by atoms with E-state index in [1.165, 1.54) is 0 Å². The Bertz CT molecular complexity index is 1310. The number of carbonyl (C=O) groups is 3. The third-order valence-corrected chi connectivity index (χ3v) is 6.58. The Morgan fingerprint density at radius 1 is 0.810 bits per heavy atom. The zero-order valence-corrected chi connectivity index (χ0v) is 26.4. The van der Waals surface area contributed by atoms with Crippen LogP contribution in [0.4, 0.5) is 10.5 Å². The van der Waals surface area contributed by atoms with Crippen molar-refractivity contribution in [2.45, 2.75) is 71.8 Å². The van der Waals surface area contributed by atoms with E-state index in [0.29, 0.717) is 24.5 Å². The first kappa shape index (κ1) is 32.7. The Balaban J connectivity index is 1.70. The molecule has 0 spiro atoms. The summed E-state index contributed by atoms with van der Waals surface area (Å²) in [6.07, 6.45) is 0.590. The molecule has 2 unspecified atom stereocenters. The van der Waals surface area contributed by atoms with Crippen LogP contribution >= 0.6 is 15.9 Å². The van der Waals surface area contributed by atoms with Gasteiger partial charge in [-0.05, 0) is 80.6 Å². The Morgan fingerprint density at radius 3 is 2.05 bits per heavy atom. The van der Waals surface area contributed by atoms with Crippen molar-refractivity contribution in [2.24, 2.45) is 5.92 Å². The SMILES string of the molecule is CC(C)CC(NC(=O)Nc1ccc(Br)cc1)C(=O)NC(Cc1ccc(OCc2ccccc2)cc1)C(=O)OC(C)(C)C. The number of halogens is 1. The molecule has 3 aromatic rings. The van der Waals surface area contributed by atoms with Gasteiger partial charge in [-0.1, -0.05) is 72.2 Å². The maximum absolute atomic E-state index is 13.5. The second-order valence-corrected chi connectivity index (χ2v) is 12.4. The van der Waals surface area contributed by atoms with Crippen molar-refractivity contribution >= 4 is 39.5 Å². The third kappa shape index (κ3) is 11.6. The molecule has 42 heavy (non-hydrogen) atoms. The Hall–Kier alpha value is -3.85. The minimum Gasteiger partial charge on any atom is -0.489 e. The number of rotatable bonds is 12. The molecule has 2 atom stereocenters. The first-order chi connectivity index (χ1) is 19.9. The molecule has 0 radical (unpaired) electrons. The van der Waals surface area contributed by atoms with Crippen LogP contribution < -0.4 is 20.7 Å². The average molecular weight is 639 g/mol. The number of urea groups is 1. The van der Waals surface area contributed by atoms with Crippen molar-refractivity contribution < 1.29 is 23.9 Å². The number of hydrogen-bond acceptors (Lipinski definition) is 5. The van der Waals surface area contributed by atoms with E-state index in [-0.39, 0.29) is 12.3 Å². The molecular weight excluding hydrogens is 598 g/mol. The molecular formula is C33H40BrN3O5. The summed E-state index contributed by atoms with van der Waals surface area (Å²) in [6.45, 7) is 9.69. The van der Waals surface area contributed by atoms with Crippen molar-refractivity contribution in [3.05, 3.63) is 94.5 Å². The van der Waals surface area contributed by atoms with Crippen LogP contribution in [0.15, 0.2) is 83.3 Å². The van der Waals surface area contributed by atoms with Crippen molar-refractivity contribution in [1.29, 1.82) is 0 Å². The van der Waals surface area contributed by atoms with Crippen molar-refractivity contribution in [1.82, 2.24) is 10.6 Å². The number of anilines is 1. The quantitative estimate of drug-likeness (QED) is 0.193. The van der Waals surface area contributed by atoms with Gasteiger partial charge in [0.25, 0.3) is 0 Å². The fourth-order valence-electron chi connectivity index (χ4n) is 4.10. The van der Waals surface area contributed by atoms with E-state index in [9.17, 15) is 14.4 Å². The molecule has 0 saturated carbocycles. The summed E-state index contributed by atoms with van der Waals surface area (Å²) in [5.74, 6) is -0.216. The molecule has 0 heterocycles. The van der Waals surface area contributed by atoms with Gasteiger partial charge in [0.05, 0.1) is 0 Å². The molecule has 3 N–H and O–H groups in total. The number of carbonyl (C=O) groups excluding carboxylic acids is 3. The van der Waals surface area contributed by atoms with Gasteiger partial charge >= 0.3 is 12.0 Å². The number of amides is 3. The van der Waals surface area contributed by atoms with E-state index in [2.05, 4.69) is 31.9 Å². The average Bonchev–Trinajstić information content (AvgIpc) is 2.92. The van der Waals surface area contributed by atoms with Gasteiger partial charge in [0.1, 0.15) is 30.0 Å². The maximum atomic E-state index is 13.5. The van der Waals surface area contributed by atoms with Crippen LogP contribution in [0.5, 0.6) is 5.75 Å². The van der Waals surface area contributed by atoms with E-state index in [4.69, 9.17) is 9.47 Å². The van der Waals surface area contributed by atoms with Gasteiger partial charge in [-0.15, -0.1) is 0 Å². The highest BCUT2D eigenvalue weighted by Crippen LogP contribution is 2.18. The van der Waals surface area contributed by atoms with E-state index in [0.717, 1.165) is 15.6 Å². The maximum Gasteiger partial charge on any atom is 0.329 e. The van der Waals surface area contributed by atoms with Crippen LogP contribution in [0.2, 0.25) is 0 Å². The van der Waals surface area contributed by atoms with Crippen molar-refractivity contribution in [3.63, 3.8) is 0 Å². The topological polar surface area (TPSA) is 106 Å². The summed E-state index contributed by atoms with van der Waals surface area (Å²) in [5, 5.41) is 8.34. The van der Waals surface area contributed by atoms with Crippen LogP contribution in [0, 0.1) is 5.92 Å². The molecule has 0 aromatic heterocycles. The van der Waals surface area contributed by atoms with Crippen LogP contribution in [0.25, 0.3) is 0 Å². The predicted octanol–water partition coefficient (Wildman–Crippen LogP) is 6.63.